The molecule has 1 unspecified atom stereocenters. The van der Waals surface area contributed by atoms with E-state index in [0.717, 1.165) is 37.3 Å². The van der Waals surface area contributed by atoms with Gasteiger partial charge >= 0.3 is 6.18 Å². The zero-order chi connectivity index (χ0) is 23.6. The fraction of sp³-hybridized carbons (Fsp3) is 0.333. The predicted octanol–water partition coefficient (Wildman–Crippen LogP) is 5.15. The standard InChI is InChI=1S/C24H25F3N4OS/c1-30(2)20-10-11-31(15-20)19-8-6-18(7-9-19)29-23(32)21-14-28-22(33-21)13-16-4-3-5-17(12-16)24(25,26)27/h3-9,12,14,20H,10-11,13,15H2,1-2H3,(H,29,32). The topological polar surface area (TPSA) is 48.5 Å². The number of halogens is 3. The summed E-state index contributed by atoms with van der Waals surface area (Å²) >= 11 is 1.18. The Morgan fingerprint density at radius 2 is 1.97 bits per heavy atom. The van der Waals surface area contributed by atoms with Crippen LogP contribution in [-0.4, -0.2) is 49.0 Å². The molecule has 0 spiro atoms. The van der Waals surface area contributed by atoms with Crippen molar-refractivity contribution in [2.45, 2.75) is 25.1 Å². The van der Waals surface area contributed by atoms with E-state index in [1.807, 2.05) is 24.3 Å². The van der Waals surface area contributed by atoms with Gasteiger partial charge in [-0.05, 0) is 56.4 Å². The molecule has 0 aliphatic carbocycles. The maximum Gasteiger partial charge on any atom is 0.416 e. The summed E-state index contributed by atoms with van der Waals surface area (Å²) in [5, 5.41) is 3.45. The highest BCUT2D eigenvalue weighted by atomic mass is 32.1. The number of rotatable bonds is 6. The van der Waals surface area contributed by atoms with E-state index in [9.17, 15) is 18.0 Å². The molecular weight excluding hydrogens is 449 g/mol. The van der Waals surface area contributed by atoms with Crippen LogP contribution in [-0.2, 0) is 12.6 Å². The molecule has 1 amide bonds. The predicted molar refractivity (Wildman–Crippen MR) is 125 cm³/mol. The van der Waals surface area contributed by atoms with Crippen LogP contribution in [0.25, 0.3) is 0 Å². The van der Waals surface area contributed by atoms with Gasteiger partial charge in [0.25, 0.3) is 5.91 Å². The monoisotopic (exact) mass is 474 g/mol. The van der Waals surface area contributed by atoms with Gasteiger partial charge in [-0.15, -0.1) is 11.3 Å². The number of nitrogens with one attached hydrogen (secondary N) is 1. The Bertz CT molecular complexity index is 1110. The average Bonchev–Trinajstić information content (AvgIpc) is 3.44. The van der Waals surface area contributed by atoms with Crippen LogP contribution in [0, 0.1) is 0 Å². The maximum atomic E-state index is 12.9. The zero-order valence-electron chi connectivity index (χ0n) is 18.4. The summed E-state index contributed by atoms with van der Waals surface area (Å²) in [6, 6.07) is 13.5. The molecular formula is C24H25F3N4OS. The second kappa shape index (κ2) is 9.52. The lowest BCUT2D eigenvalue weighted by Crippen LogP contribution is -2.31. The molecule has 1 atom stereocenters. The number of hydrogen-bond acceptors (Lipinski definition) is 5. The number of thiazole rings is 1. The summed E-state index contributed by atoms with van der Waals surface area (Å²) in [5.41, 5.74) is 1.61. The molecule has 5 nitrogen and oxygen atoms in total. The number of amides is 1. The van der Waals surface area contributed by atoms with Crippen LogP contribution >= 0.6 is 11.3 Å². The number of carbonyl (C=O) groups excluding carboxylic acids is 1. The quantitative estimate of drug-likeness (QED) is 0.537. The summed E-state index contributed by atoms with van der Waals surface area (Å²) in [6.07, 6.45) is -1.56. The van der Waals surface area contributed by atoms with Gasteiger partial charge < -0.3 is 15.1 Å². The molecule has 0 radical (unpaired) electrons. The normalized spacial score (nSPS) is 16.4. The van der Waals surface area contributed by atoms with E-state index >= 15 is 0 Å². The van der Waals surface area contributed by atoms with Crippen molar-refractivity contribution < 1.29 is 18.0 Å². The van der Waals surface area contributed by atoms with Crippen LogP contribution in [0.1, 0.15) is 32.2 Å². The fourth-order valence-corrected chi connectivity index (χ4v) is 4.72. The summed E-state index contributed by atoms with van der Waals surface area (Å²) in [6.45, 7) is 1.98. The molecule has 1 aliphatic rings. The van der Waals surface area contributed by atoms with Crippen molar-refractivity contribution in [1.82, 2.24) is 9.88 Å². The minimum Gasteiger partial charge on any atom is -0.370 e. The van der Waals surface area contributed by atoms with Crippen molar-refractivity contribution in [3.63, 3.8) is 0 Å². The molecule has 4 rings (SSSR count). The number of aromatic nitrogens is 1. The van der Waals surface area contributed by atoms with Crippen molar-refractivity contribution in [2.24, 2.45) is 0 Å². The number of nitrogens with zero attached hydrogens (tertiary/aromatic N) is 3. The Morgan fingerprint density at radius 3 is 2.64 bits per heavy atom. The molecule has 1 aliphatic heterocycles. The number of benzene rings is 2. The molecule has 1 aromatic heterocycles. The molecule has 174 valence electrons. The first-order valence-corrected chi connectivity index (χ1v) is 11.4. The minimum atomic E-state index is -4.39. The van der Waals surface area contributed by atoms with Crippen LogP contribution < -0.4 is 10.2 Å². The van der Waals surface area contributed by atoms with Crippen molar-refractivity contribution in [2.75, 3.05) is 37.4 Å². The van der Waals surface area contributed by atoms with E-state index in [0.29, 0.717) is 27.2 Å². The molecule has 1 fully saturated rings. The summed E-state index contributed by atoms with van der Waals surface area (Å²) in [7, 11) is 4.19. The van der Waals surface area contributed by atoms with Gasteiger partial charge in [0.05, 0.1) is 16.8 Å². The van der Waals surface area contributed by atoms with Gasteiger partial charge in [0.1, 0.15) is 4.88 Å². The molecule has 2 heterocycles. The summed E-state index contributed by atoms with van der Waals surface area (Å²) in [4.78, 5) is 21.8. The smallest absolute Gasteiger partial charge is 0.370 e. The van der Waals surface area contributed by atoms with E-state index in [1.54, 1.807) is 6.07 Å². The van der Waals surface area contributed by atoms with E-state index in [1.165, 1.54) is 23.6 Å². The number of likely N-dealkylation sites (N-methyl/N-ethyl adjacent to an activating group) is 1. The van der Waals surface area contributed by atoms with E-state index in [-0.39, 0.29) is 12.3 Å². The minimum absolute atomic E-state index is 0.236. The third-order valence-electron chi connectivity index (χ3n) is 5.77. The first-order chi connectivity index (χ1) is 15.7. The zero-order valence-corrected chi connectivity index (χ0v) is 19.2. The van der Waals surface area contributed by atoms with Gasteiger partial charge in [-0.1, -0.05) is 18.2 Å². The number of hydrogen-bond donors (Lipinski definition) is 1. The van der Waals surface area contributed by atoms with Crippen molar-refractivity contribution in [1.29, 1.82) is 0 Å². The number of alkyl halides is 3. The van der Waals surface area contributed by atoms with Crippen LogP contribution in [0.4, 0.5) is 24.5 Å². The second-order valence-corrected chi connectivity index (χ2v) is 9.46. The highest BCUT2D eigenvalue weighted by Gasteiger charge is 2.30. The van der Waals surface area contributed by atoms with Gasteiger partial charge in [0.15, 0.2) is 0 Å². The first-order valence-electron chi connectivity index (χ1n) is 10.6. The molecule has 1 N–H and O–H groups in total. The van der Waals surface area contributed by atoms with Crippen molar-refractivity contribution >= 4 is 28.6 Å². The Labute approximate surface area is 194 Å². The van der Waals surface area contributed by atoms with Crippen LogP contribution in [0.2, 0.25) is 0 Å². The largest absolute Gasteiger partial charge is 0.416 e. The lowest BCUT2D eigenvalue weighted by atomic mass is 10.1. The summed E-state index contributed by atoms with van der Waals surface area (Å²) in [5.74, 6) is -0.288. The van der Waals surface area contributed by atoms with Gasteiger partial charge in [0, 0.05) is 36.9 Å². The Kier molecular flexibility index (Phi) is 6.71. The number of carbonyl (C=O) groups is 1. The van der Waals surface area contributed by atoms with Crippen molar-refractivity contribution in [3.8, 4) is 0 Å². The van der Waals surface area contributed by atoms with Crippen molar-refractivity contribution in [3.05, 3.63) is 75.7 Å². The van der Waals surface area contributed by atoms with Gasteiger partial charge in [-0.25, -0.2) is 4.98 Å². The van der Waals surface area contributed by atoms with E-state index < -0.39 is 11.7 Å². The molecule has 33 heavy (non-hydrogen) atoms. The molecule has 0 bridgehead atoms. The van der Waals surface area contributed by atoms with Crippen LogP contribution in [0.5, 0.6) is 0 Å². The SMILES string of the molecule is CN(C)C1CCN(c2ccc(NC(=O)c3cnc(Cc4cccc(C(F)(F)F)c4)s3)cc2)C1. The molecule has 2 aromatic carbocycles. The van der Waals surface area contributed by atoms with Crippen LogP contribution in [0.15, 0.2) is 54.7 Å². The highest BCUT2D eigenvalue weighted by molar-refractivity contribution is 7.13. The van der Waals surface area contributed by atoms with E-state index in [4.69, 9.17) is 0 Å². The molecule has 9 heteroatoms. The molecule has 3 aromatic rings. The average molecular weight is 475 g/mol. The van der Waals surface area contributed by atoms with Gasteiger partial charge in [-0.3, -0.25) is 4.79 Å². The fourth-order valence-electron chi connectivity index (χ4n) is 3.88. The Morgan fingerprint density at radius 1 is 1.21 bits per heavy atom. The Balaban J connectivity index is 1.36. The Hall–Kier alpha value is -2.91. The van der Waals surface area contributed by atoms with Crippen LogP contribution in [0.3, 0.4) is 0 Å². The van der Waals surface area contributed by atoms with Gasteiger partial charge in [0.2, 0.25) is 0 Å². The lowest BCUT2D eigenvalue weighted by Gasteiger charge is -2.22. The second-order valence-electron chi connectivity index (χ2n) is 8.35. The maximum absolute atomic E-state index is 12.9. The molecule has 1 saturated heterocycles. The lowest BCUT2D eigenvalue weighted by molar-refractivity contribution is -0.137. The number of anilines is 2. The summed E-state index contributed by atoms with van der Waals surface area (Å²) < 4.78 is 38.7. The molecule has 0 saturated carbocycles. The third kappa shape index (κ3) is 5.72. The highest BCUT2D eigenvalue weighted by Crippen LogP contribution is 2.30. The first kappa shape index (κ1) is 23.3. The van der Waals surface area contributed by atoms with Gasteiger partial charge in [-0.2, -0.15) is 13.2 Å². The third-order valence-corrected chi connectivity index (χ3v) is 6.77. The van der Waals surface area contributed by atoms with E-state index in [2.05, 4.69) is 34.2 Å².